The second-order valence-electron chi connectivity index (χ2n) is 8.10. The molecule has 0 spiro atoms. The van der Waals surface area contributed by atoms with E-state index in [0.29, 0.717) is 16.2 Å². The van der Waals surface area contributed by atoms with Crippen LogP contribution in [-0.2, 0) is 0 Å². The molecule has 100 valence electrons. The second-order valence-corrected chi connectivity index (χ2v) is 12.3. The molecule has 0 bridgehead atoms. The lowest BCUT2D eigenvalue weighted by Crippen LogP contribution is -2.60. The van der Waals surface area contributed by atoms with Gasteiger partial charge in [-0.2, -0.15) is 0 Å². The molecule has 1 atom stereocenters. The fraction of sp³-hybridized carbons (Fsp3) is 1.00. The van der Waals surface area contributed by atoms with Gasteiger partial charge in [-0.25, -0.2) is 0 Å². The number of rotatable bonds is 1. The molecule has 1 unspecified atom stereocenters. The van der Waals surface area contributed by atoms with Crippen molar-refractivity contribution in [2.24, 2.45) is 0 Å². The monoisotopic (exact) mass is 254 g/mol. The van der Waals surface area contributed by atoms with E-state index in [9.17, 15) is 0 Å². The Labute approximate surface area is 109 Å². The molecule has 2 fully saturated rings. The lowest BCUT2D eigenvalue weighted by atomic mass is 9.82. The Bertz CT molecular complexity index is 281. The van der Waals surface area contributed by atoms with Crippen LogP contribution in [-0.4, -0.2) is 31.6 Å². The molecule has 0 saturated carbocycles. The van der Waals surface area contributed by atoms with Crippen LogP contribution in [0.4, 0.5) is 0 Å². The fourth-order valence-corrected chi connectivity index (χ4v) is 9.53. The number of piperidine rings is 1. The van der Waals surface area contributed by atoms with Crippen LogP contribution >= 0.6 is 0 Å². The van der Waals surface area contributed by atoms with Crippen molar-refractivity contribution in [3.63, 3.8) is 0 Å². The summed E-state index contributed by atoms with van der Waals surface area (Å²) in [6, 6.07) is 1.49. The van der Waals surface area contributed by atoms with Crippen LogP contribution in [0, 0.1) is 0 Å². The first-order valence-electron chi connectivity index (χ1n) is 7.16. The van der Waals surface area contributed by atoms with Gasteiger partial charge in [0.1, 0.15) is 0 Å². The van der Waals surface area contributed by atoms with Gasteiger partial charge in [0.2, 0.25) is 0 Å². The van der Waals surface area contributed by atoms with Crippen LogP contribution < -0.4 is 10.6 Å². The third-order valence-electron chi connectivity index (χ3n) is 4.75. The van der Waals surface area contributed by atoms with Gasteiger partial charge >= 0.3 is 0 Å². The molecule has 0 aliphatic carbocycles. The standard InChI is InChI=1S/C14H30N2Si/c1-12(2)9-11(10-13(3,4)16-12)17-8-7-15-14(17,5)6/h11,15-17H,7-10H2,1-6H3. The zero-order valence-electron chi connectivity index (χ0n) is 12.5. The Hall–Kier alpha value is 0.137. The summed E-state index contributed by atoms with van der Waals surface area (Å²) < 4.78 is 0. The van der Waals surface area contributed by atoms with Crippen molar-refractivity contribution in [1.82, 2.24) is 10.6 Å². The molecular formula is C14H30N2Si. The highest BCUT2D eigenvalue weighted by molar-refractivity contribution is 6.64. The topological polar surface area (TPSA) is 24.1 Å². The number of hydrogen-bond donors (Lipinski definition) is 2. The van der Waals surface area contributed by atoms with Gasteiger partial charge in [-0.15, -0.1) is 0 Å². The molecule has 2 nitrogen and oxygen atoms in total. The molecule has 0 aromatic heterocycles. The lowest BCUT2D eigenvalue weighted by molar-refractivity contribution is 0.180. The van der Waals surface area contributed by atoms with Crippen LogP contribution in [0.2, 0.25) is 11.6 Å². The van der Waals surface area contributed by atoms with E-state index >= 15 is 0 Å². The van der Waals surface area contributed by atoms with Gasteiger partial charge in [0, 0.05) is 16.2 Å². The number of nitrogens with one attached hydrogen (secondary N) is 2. The van der Waals surface area contributed by atoms with Crippen molar-refractivity contribution >= 4 is 8.80 Å². The summed E-state index contributed by atoms with van der Waals surface area (Å²) in [7, 11) is -0.687. The highest BCUT2D eigenvalue weighted by atomic mass is 28.3. The summed E-state index contributed by atoms with van der Waals surface area (Å²) in [4.78, 5) is 0. The van der Waals surface area contributed by atoms with E-state index in [1.807, 2.05) is 0 Å². The molecule has 2 rings (SSSR count). The van der Waals surface area contributed by atoms with Gasteiger partial charge in [-0.3, -0.25) is 0 Å². The Morgan fingerprint density at radius 3 is 1.88 bits per heavy atom. The van der Waals surface area contributed by atoms with Crippen LogP contribution in [0.5, 0.6) is 0 Å². The van der Waals surface area contributed by atoms with E-state index in [-0.39, 0.29) is 0 Å². The van der Waals surface area contributed by atoms with E-state index in [1.54, 1.807) is 0 Å². The van der Waals surface area contributed by atoms with Gasteiger partial charge in [0.05, 0.1) is 8.80 Å². The van der Waals surface area contributed by atoms with Crippen molar-refractivity contribution in [2.75, 3.05) is 6.54 Å². The summed E-state index contributed by atoms with van der Waals surface area (Å²) in [5.41, 5.74) is 1.63. The van der Waals surface area contributed by atoms with Crippen LogP contribution in [0.15, 0.2) is 0 Å². The van der Waals surface area contributed by atoms with E-state index in [1.165, 1.54) is 25.4 Å². The number of hydrogen-bond acceptors (Lipinski definition) is 2. The quantitative estimate of drug-likeness (QED) is 0.702. The zero-order valence-corrected chi connectivity index (χ0v) is 13.6. The van der Waals surface area contributed by atoms with E-state index in [2.05, 4.69) is 52.2 Å². The smallest absolute Gasteiger partial charge is 0.0643 e. The Balaban J connectivity index is 2.16. The van der Waals surface area contributed by atoms with Crippen LogP contribution in [0.1, 0.15) is 54.4 Å². The molecule has 0 aromatic rings. The summed E-state index contributed by atoms with van der Waals surface area (Å²) in [5.74, 6) is 0. The van der Waals surface area contributed by atoms with Crippen molar-refractivity contribution in [3.05, 3.63) is 0 Å². The molecule has 0 amide bonds. The van der Waals surface area contributed by atoms with Crippen molar-refractivity contribution < 1.29 is 0 Å². The molecular weight excluding hydrogens is 224 g/mol. The first-order valence-corrected chi connectivity index (χ1v) is 9.22. The molecule has 3 heteroatoms. The minimum Gasteiger partial charge on any atom is -0.315 e. The Morgan fingerprint density at radius 1 is 0.941 bits per heavy atom. The highest BCUT2D eigenvalue weighted by Crippen LogP contribution is 2.42. The Morgan fingerprint density at radius 2 is 1.47 bits per heavy atom. The SMILES string of the molecule is CC1(C)CC([SiH]2CCNC2(C)C)CC(C)(C)N1. The summed E-state index contributed by atoms with van der Waals surface area (Å²) in [6.45, 7) is 15.7. The first-order chi connectivity index (χ1) is 7.61. The van der Waals surface area contributed by atoms with Gasteiger partial charge in [0.15, 0.2) is 0 Å². The first kappa shape index (κ1) is 13.6. The van der Waals surface area contributed by atoms with Gasteiger partial charge in [-0.1, -0.05) is 13.8 Å². The maximum atomic E-state index is 3.81. The predicted octanol–water partition coefficient (Wildman–Crippen LogP) is 2.45. The zero-order chi connectivity index (χ0) is 12.9. The van der Waals surface area contributed by atoms with Crippen molar-refractivity contribution in [2.45, 2.75) is 82.2 Å². The van der Waals surface area contributed by atoms with Gasteiger partial charge < -0.3 is 10.6 Å². The normalized spacial score (nSPS) is 36.0. The molecule has 0 radical (unpaired) electrons. The molecule has 2 aliphatic rings. The molecule has 2 aliphatic heterocycles. The predicted molar refractivity (Wildman–Crippen MR) is 78.3 cm³/mol. The third-order valence-corrected chi connectivity index (χ3v) is 9.33. The fourth-order valence-electron chi connectivity index (χ4n) is 4.55. The third kappa shape index (κ3) is 2.94. The summed E-state index contributed by atoms with van der Waals surface area (Å²) >= 11 is 0. The Kier molecular flexibility index (Phi) is 3.25. The molecule has 2 heterocycles. The maximum Gasteiger partial charge on any atom is 0.0643 e. The molecule has 2 N–H and O–H groups in total. The van der Waals surface area contributed by atoms with Gasteiger partial charge in [0.25, 0.3) is 0 Å². The lowest BCUT2D eigenvalue weighted by Gasteiger charge is -2.49. The van der Waals surface area contributed by atoms with E-state index in [4.69, 9.17) is 0 Å². The van der Waals surface area contributed by atoms with Crippen molar-refractivity contribution in [3.8, 4) is 0 Å². The summed E-state index contributed by atoms with van der Waals surface area (Å²) in [5, 5.41) is 8.02. The molecule has 0 aromatic carbocycles. The maximum absolute atomic E-state index is 3.81. The van der Waals surface area contributed by atoms with Crippen LogP contribution in [0.25, 0.3) is 0 Å². The van der Waals surface area contributed by atoms with E-state index < -0.39 is 8.80 Å². The minimum atomic E-state index is -0.687. The molecule has 17 heavy (non-hydrogen) atoms. The van der Waals surface area contributed by atoms with Crippen LogP contribution in [0.3, 0.4) is 0 Å². The summed E-state index contributed by atoms with van der Waals surface area (Å²) in [6.07, 6.45) is 2.75. The second kappa shape index (κ2) is 4.07. The van der Waals surface area contributed by atoms with Crippen molar-refractivity contribution in [1.29, 1.82) is 0 Å². The van der Waals surface area contributed by atoms with Gasteiger partial charge in [-0.05, 0) is 58.7 Å². The average Bonchev–Trinajstić information content (AvgIpc) is 2.39. The average molecular weight is 254 g/mol. The van der Waals surface area contributed by atoms with E-state index in [0.717, 1.165) is 5.54 Å². The highest BCUT2D eigenvalue weighted by Gasteiger charge is 2.47. The largest absolute Gasteiger partial charge is 0.315 e. The molecule has 2 saturated heterocycles. The minimum absolute atomic E-state index is 0.318.